The fourth-order valence-corrected chi connectivity index (χ4v) is 3.36. The van der Waals surface area contributed by atoms with Crippen molar-refractivity contribution in [1.29, 1.82) is 5.26 Å². The van der Waals surface area contributed by atoms with E-state index >= 15 is 0 Å². The number of hydrogen-bond acceptors (Lipinski definition) is 9. The van der Waals surface area contributed by atoms with E-state index in [1.165, 1.54) is 33.5 Å². The molecule has 3 rings (SSSR count). The number of nitriles is 1. The van der Waals surface area contributed by atoms with E-state index in [2.05, 4.69) is 5.32 Å². The molecule has 3 aromatic rings. The zero-order valence-electron chi connectivity index (χ0n) is 19.4. The van der Waals surface area contributed by atoms with Crippen molar-refractivity contribution in [3.63, 3.8) is 0 Å². The Morgan fingerprint density at radius 2 is 1.66 bits per heavy atom. The summed E-state index contributed by atoms with van der Waals surface area (Å²) in [6, 6.07) is 17.0. The van der Waals surface area contributed by atoms with Gasteiger partial charge in [-0.2, -0.15) is 5.26 Å². The van der Waals surface area contributed by atoms with Crippen LogP contribution < -0.4 is 24.6 Å². The summed E-state index contributed by atoms with van der Waals surface area (Å²) in [4.78, 5) is 24.0. The molecular weight excluding hydrogens is 452 g/mol. The minimum Gasteiger partial charge on any atom is -0.545 e. The summed E-state index contributed by atoms with van der Waals surface area (Å²) >= 11 is 0. The van der Waals surface area contributed by atoms with Gasteiger partial charge in [0.15, 0.2) is 17.5 Å². The lowest BCUT2D eigenvalue weighted by molar-refractivity contribution is -0.255. The van der Waals surface area contributed by atoms with Crippen LogP contribution in [0.4, 0.5) is 5.69 Å². The van der Waals surface area contributed by atoms with Gasteiger partial charge in [-0.3, -0.25) is 0 Å². The lowest BCUT2D eigenvalue weighted by Gasteiger charge is -2.23. The van der Waals surface area contributed by atoms with Gasteiger partial charge in [-0.05, 0) is 47.5 Å². The van der Waals surface area contributed by atoms with Gasteiger partial charge in [0.1, 0.15) is 12.4 Å². The summed E-state index contributed by atoms with van der Waals surface area (Å²) in [6.45, 7) is 0.00830. The van der Waals surface area contributed by atoms with Crippen LogP contribution in [-0.2, 0) is 16.1 Å². The van der Waals surface area contributed by atoms with Gasteiger partial charge in [0.25, 0.3) is 0 Å². The molecule has 0 saturated heterocycles. The number of nitrogens with zero attached hydrogens (tertiary/aromatic N) is 1. The fraction of sp³-hybridized carbons (Fsp3) is 0.192. The molecule has 0 radical (unpaired) electrons. The number of carboxylic acid groups (broad SMARTS) is 1. The second-order valence-corrected chi connectivity index (χ2v) is 7.31. The molecule has 0 aliphatic rings. The number of nitrogens with one attached hydrogen (secondary N) is 1. The van der Waals surface area contributed by atoms with E-state index in [1.807, 2.05) is 6.07 Å². The number of benzene rings is 3. The molecule has 35 heavy (non-hydrogen) atoms. The monoisotopic (exact) mass is 475 g/mol. The molecule has 1 atom stereocenters. The van der Waals surface area contributed by atoms with Crippen molar-refractivity contribution in [3.05, 3.63) is 82.9 Å². The first-order chi connectivity index (χ1) is 16.9. The second kappa shape index (κ2) is 11.4. The highest BCUT2D eigenvalue weighted by Crippen LogP contribution is 2.39. The largest absolute Gasteiger partial charge is 0.545 e. The molecule has 0 saturated carbocycles. The number of methoxy groups -OCH3 is 3. The van der Waals surface area contributed by atoms with Crippen LogP contribution >= 0.6 is 0 Å². The smallest absolute Gasteiger partial charge is 0.333 e. The van der Waals surface area contributed by atoms with Crippen molar-refractivity contribution in [3.8, 4) is 23.3 Å². The van der Waals surface area contributed by atoms with Gasteiger partial charge in [0.05, 0.1) is 38.9 Å². The normalized spacial score (nSPS) is 11.0. The highest BCUT2D eigenvalue weighted by atomic mass is 16.5. The topological polar surface area (TPSA) is 130 Å². The number of esters is 1. The molecule has 180 valence electrons. The zero-order chi connectivity index (χ0) is 25.4. The third kappa shape index (κ3) is 6.00. The van der Waals surface area contributed by atoms with Crippen LogP contribution in [0.1, 0.15) is 33.1 Å². The van der Waals surface area contributed by atoms with Crippen molar-refractivity contribution in [1.82, 2.24) is 0 Å². The number of rotatable bonds is 10. The van der Waals surface area contributed by atoms with Crippen molar-refractivity contribution >= 4 is 17.6 Å². The molecule has 0 aliphatic carbocycles. The van der Waals surface area contributed by atoms with Crippen molar-refractivity contribution in [2.45, 2.75) is 12.6 Å². The van der Waals surface area contributed by atoms with E-state index in [-0.39, 0.29) is 17.9 Å². The number of carboxylic acids is 1. The SMILES string of the molecule is COC(=O)C(Nc1ccc(C#N)cc1)c1cc(OC)c(OC)cc1OCc1cccc(C(=O)[O-])c1. The number of ether oxygens (including phenoxy) is 4. The van der Waals surface area contributed by atoms with E-state index in [9.17, 15) is 14.7 Å². The maximum atomic E-state index is 12.8. The van der Waals surface area contributed by atoms with Gasteiger partial charge in [-0.1, -0.05) is 18.2 Å². The maximum Gasteiger partial charge on any atom is 0.333 e. The van der Waals surface area contributed by atoms with Crippen molar-refractivity contribution < 1.29 is 33.6 Å². The standard InChI is InChI=1S/C26H24N2O7/c1-32-22-12-20(24(26(31)34-3)28-19-9-7-16(14-27)8-10-19)21(13-23(22)33-2)35-15-17-5-4-6-18(11-17)25(29)30/h4-13,24,28H,15H2,1-3H3,(H,29,30)/p-1. The van der Waals surface area contributed by atoms with Crippen LogP contribution in [0.2, 0.25) is 0 Å². The van der Waals surface area contributed by atoms with Crippen LogP contribution in [0.5, 0.6) is 17.2 Å². The van der Waals surface area contributed by atoms with Gasteiger partial charge in [-0.25, -0.2) is 4.79 Å². The van der Waals surface area contributed by atoms with Crippen LogP contribution in [0, 0.1) is 11.3 Å². The summed E-state index contributed by atoms with van der Waals surface area (Å²) in [7, 11) is 4.20. The molecule has 0 heterocycles. The van der Waals surface area contributed by atoms with Crippen molar-refractivity contribution in [2.24, 2.45) is 0 Å². The first-order valence-corrected chi connectivity index (χ1v) is 10.4. The summed E-state index contributed by atoms with van der Waals surface area (Å²) in [5.41, 5.74) is 2.05. The highest BCUT2D eigenvalue weighted by molar-refractivity contribution is 5.86. The van der Waals surface area contributed by atoms with E-state index in [4.69, 9.17) is 24.2 Å². The molecule has 0 amide bonds. The van der Waals surface area contributed by atoms with E-state index in [1.54, 1.807) is 48.5 Å². The van der Waals surface area contributed by atoms with E-state index < -0.39 is 18.0 Å². The van der Waals surface area contributed by atoms with Gasteiger partial charge >= 0.3 is 5.97 Å². The molecule has 1 N–H and O–H groups in total. The maximum absolute atomic E-state index is 12.8. The molecule has 0 fully saturated rings. The summed E-state index contributed by atoms with van der Waals surface area (Å²) in [5, 5.41) is 23.3. The third-order valence-electron chi connectivity index (χ3n) is 5.15. The molecule has 9 heteroatoms. The van der Waals surface area contributed by atoms with Crippen LogP contribution in [-0.4, -0.2) is 33.3 Å². The number of hydrogen-bond donors (Lipinski definition) is 1. The third-order valence-corrected chi connectivity index (χ3v) is 5.15. The number of carbonyl (C=O) groups is 2. The lowest BCUT2D eigenvalue weighted by atomic mass is 10.0. The quantitative estimate of drug-likeness (QED) is 0.440. The fourth-order valence-electron chi connectivity index (χ4n) is 3.36. The Morgan fingerprint density at radius 3 is 2.26 bits per heavy atom. The summed E-state index contributed by atoms with van der Waals surface area (Å²) in [5.74, 6) is -0.861. The van der Waals surface area contributed by atoms with E-state index in [0.29, 0.717) is 33.9 Å². The predicted molar refractivity (Wildman–Crippen MR) is 124 cm³/mol. The minimum absolute atomic E-state index is 0.00830. The van der Waals surface area contributed by atoms with Crippen molar-refractivity contribution in [2.75, 3.05) is 26.6 Å². The average molecular weight is 475 g/mol. The molecular formula is C26H23N2O7-. The van der Waals surface area contributed by atoms with Gasteiger partial charge < -0.3 is 34.2 Å². The summed E-state index contributed by atoms with van der Waals surface area (Å²) in [6.07, 6.45) is 0. The molecule has 0 aromatic heterocycles. The summed E-state index contributed by atoms with van der Waals surface area (Å²) < 4.78 is 21.8. The molecule has 0 aliphatic heterocycles. The Kier molecular flexibility index (Phi) is 8.14. The number of aromatic carboxylic acids is 1. The van der Waals surface area contributed by atoms with Crippen LogP contribution in [0.3, 0.4) is 0 Å². The Hall–Kier alpha value is -4.71. The Bertz CT molecular complexity index is 1250. The van der Waals surface area contributed by atoms with Crippen LogP contribution in [0.25, 0.3) is 0 Å². The van der Waals surface area contributed by atoms with E-state index in [0.717, 1.165) is 0 Å². The average Bonchev–Trinajstić information content (AvgIpc) is 2.90. The first-order valence-electron chi connectivity index (χ1n) is 10.4. The molecule has 0 spiro atoms. The molecule has 0 bridgehead atoms. The van der Waals surface area contributed by atoms with Crippen LogP contribution in [0.15, 0.2) is 60.7 Å². The van der Waals surface area contributed by atoms with Gasteiger partial charge in [-0.15, -0.1) is 0 Å². The zero-order valence-corrected chi connectivity index (χ0v) is 19.4. The first kappa shape index (κ1) is 24.9. The minimum atomic E-state index is -1.30. The molecule has 1 unspecified atom stereocenters. The Balaban J connectivity index is 2.01. The predicted octanol–water partition coefficient (Wildman–Crippen LogP) is 2.84. The highest BCUT2D eigenvalue weighted by Gasteiger charge is 2.27. The van der Waals surface area contributed by atoms with Gasteiger partial charge in [0.2, 0.25) is 0 Å². The number of carbonyl (C=O) groups excluding carboxylic acids is 2. The number of anilines is 1. The Labute approximate surface area is 202 Å². The molecule has 3 aromatic carbocycles. The van der Waals surface area contributed by atoms with Gasteiger partial charge in [0, 0.05) is 17.3 Å². The Morgan fingerprint density at radius 1 is 0.971 bits per heavy atom. The lowest BCUT2D eigenvalue weighted by Crippen LogP contribution is -2.23. The second-order valence-electron chi connectivity index (χ2n) is 7.31. The molecule has 9 nitrogen and oxygen atoms in total.